The highest BCUT2D eigenvalue weighted by atomic mass is 16.5. The van der Waals surface area contributed by atoms with Gasteiger partial charge < -0.3 is 15.2 Å². The molecule has 0 radical (unpaired) electrons. The predicted molar refractivity (Wildman–Crippen MR) is 70.5 cm³/mol. The zero-order valence-corrected chi connectivity index (χ0v) is 11.0. The highest BCUT2D eigenvalue weighted by molar-refractivity contribution is 5.41. The van der Waals surface area contributed by atoms with Gasteiger partial charge in [-0.05, 0) is 37.9 Å². The number of benzene rings is 1. The fraction of sp³-hybridized carbons (Fsp3) is 0.571. The van der Waals surface area contributed by atoms with E-state index < -0.39 is 0 Å². The summed E-state index contributed by atoms with van der Waals surface area (Å²) in [6.45, 7) is 5.50. The van der Waals surface area contributed by atoms with Gasteiger partial charge in [0.1, 0.15) is 5.75 Å². The summed E-state index contributed by atoms with van der Waals surface area (Å²) in [5.41, 5.74) is 7.97. The van der Waals surface area contributed by atoms with Crippen LogP contribution < -0.4 is 10.5 Å². The molecule has 96 valence electrons. The molecule has 1 atom stereocenters. The molecule has 1 aromatic rings. The molecule has 17 heavy (non-hydrogen) atoms. The molecule has 3 nitrogen and oxygen atoms in total. The number of hydrogen-bond acceptors (Lipinski definition) is 3. The summed E-state index contributed by atoms with van der Waals surface area (Å²) in [6, 6.07) is 6.20. The summed E-state index contributed by atoms with van der Waals surface area (Å²) >= 11 is 0. The Morgan fingerprint density at radius 1 is 1.35 bits per heavy atom. The van der Waals surface area contributed by atoms with Gasteiger partial charge >= 0.3 is 0 Å². The van der Waals surface area contributed by atoms with Gasteiger partial charge in [-0.25, -0.2) is 0 Å². The number of nitrogens with two attached hydrogens (primary N) is 1. The third kappa shape index (κ3) is 4.36. The van der Waals surface area contributed by atoms with Crippen LogP contribution in [0.2, 0.25) is 0 Å². The lowest BCUT2D eigenvalue weighted by Gasteiger charge is -2.19. The number of ether oxygens (including phenoxy) is 2. The second-order valence-electron chi connectivity index (χ2n) is 4.31. The second-order valence-corrected chi connectivity index (χ2v) is 4.31. The van der Waals surface area contributed by atoms with Gasteiger partial charge in [0.05, 0.1) is 6.10 Å². The van der Waals surface area contributed by atoms with Crippen LogP contribution in [0.1, 0.15) is 24.5 Å². The largest absolute Gasteiger partial charge is 0.490 e. The summed E-state index contributed by atoms with van der Waals surface area (Å²) < 4.78 is 11.1. The highest BCUT2D eigenvalue weighted by Crippen LogP contribution is 2.25. The molecule has 1 aromatic carbocycles. The molecule has 0 saturated carbocycles. The van der Waals surface area contributed by atoms with E-state index in [1.807, 2.05) is 6.07 Å². The molecule has 0 amide bonds. The first-order valence-corrected chi connectivity index (χ1v) is 6.13. The molecule has 3 heteroatoms. The summed E-state index contributed by atoms with van der Waals surface area (Å²) in [5, 5.41) is 0. The van der Waals surface area contributed by atoms with Gasteiger partial charge in [-0.2, -0.15) is 0 Å². The SMILES string of the molecule is COCCC(C)Oc1c(C)cccc1CCN. The van der Waals surface area contributed by atoms with Gasteiger partial charge in [0, 0.05) is 20.1 Å². The summed E-state index contributed by atoms with van der Waals surface area (Å²) in [7, 11) is 1.71. The Kier molecular flexibility index (Phi) is 6.01. The van der Waals surface area contributed by atoms with Crippen LogP contribution in [0, 0.1) is 6.92 Å². The maximum Gasteiger partial charge on any atom is 0.125 e. The molecular formula is C14H23NO2. The molecule has 1 rings (SSSR count). The molecule has 0 fully saturated rings. The van der Waals surface area contributed by atoms with Crippen LogP contribution in [0.5, 0.6) is 5.75 Å². The molecule has 0 aliphatic heterocycles. The van der Waals surface area contributed by atoms with Crippen molar-refractivity contribution in [1.29, 1.82) is 0 Å². The minimum Gasteiger partial charge on any atom is -0.490 e. The van der Waals surface area contributed by atoms with E-state index in [1.54, 1.807) is 7.11 Å². The molecular weight excluding hydrogens is 214 g/mol. The third-order valence-corrected chi connectivity index (χ3v) is 2.75. The van der Waals surface area contributed by atoms with Crippen molar-refractivity contribution in [2.24, 2.45) is 5.73 Å². The Labute approximate surface area is 104 Å². The quantitative estimate of drug-likeness (QED) is 0.791. The van der Waals surface area contributed by atoms with Crippen LogP contribution in [-0.4, -0.2) is 26.4 Å². The summed E-state index contributed by atoms with van der Waals surface area (Å²) in [6.07, 6.45) is 1.91. The zero-order chi connectivity index (χ0) is 12.7. The maximum atomic E-state index is 6.00. The van der Waals surface area contributed by atoms with Crippen molar-refractivity contribution in [1.82, 2.24) is 0 Å². The van der Waals surface area contributed by atoms with Crippen LogP contribution in [0.15, 0.2) is 18.2 Å². The molecule has 1 unspecified atom stereocenters. The minimum atomic E-state index is 0.160. The number of methoxy groups -OCH3 is 1. The maximum absolute atomic E-state index is 6.00. The van der Waals surface area contributed by atoms with Gasteiger partial charge in [0.25, 0.3) is 0 Å². The Balaban J connectivity index is 2.73. The van der Waals surface area contributed by atoms with Gasteiger partial charge in [0.15, 0.2) is 0 Å². The lowest BCUT2D eigenvalue weighted by molar-refractivity contribution is 0.134. The monoisotopic (exact) mass is 237 g/mol. The van der Waals surface area contributed by atoms with Crippen molar-refractivity contribution in [2.45, 2.75) is 32.8 Å². The molecule has 2 N–H and O–H groups in total. The van der Waals surface area contributed by atoms with E-state index in [0.29, 0.717) is 6.54 Å². The number of aryl methyl sites for hydroxylation is 1. The first kappa shape index (κ1) is 14.0. The van der Waals surface area contributed by atoms with E-state index in [2.05, 4.69) is 26.0 Å². The van der Waals surface area contributed by atoms with Crippen molar-refractivity contribution < 1.29 is 9.47 Å². The predicted octanol–water partition coefficient (Wildman–Crippen LogP) is 2.30. The Hall–Kier alpha value is -1.06. The Morgan fingerprint density at radius 2 is 2.12 bits per heavy atom. The highest BCUT2D eigenvalue weighted by Gasteiger charge is 2.10. The molecule has 0 aliphatic rings. The Morgan fingerprint density at radius 3 is 2.76 bits per heavy atom. The topological polar surface area (TPSA) is 44.5 Å². The average molecular weight is 237 g/mol. The van der Waals surface area contributed by atoms with Crippen molar-refractivity contribution in [3.8, 4) is 5.75 Å². The van der Waals surface area contributed by atoms with Crippen LogP contribution in [0.4, 0.5) is 0 Å². The smallest absolute Gasteiger partial charge is 0.125 e. The van der Waals surface area contributed by atoms with Crippen LogP contribution in [-0.2, 0) is 11.2 Å². The average Bonchev–Trinajstić information content (AvgIpc) is 2.31. The van der Waals surface area contributed by atoms with E-state index in [9.17, 15) is 0 Å². The van der Waals surface area contributed by atoms with Gasteiger partial charge in [-0.3, -0.25) is 0 Å². The molecule has 0 heterocycles. The normalized spacial score (nSPS) is 12.5. The molecule has 0 saturated heterocycles. The van der Waals surface area contributed by atoms with Crippen LogP contribution in [0.25, 0.3) is 0 Å². The lowest BCUT2D eigenvalue weighted by Crippen LogP contribution is -2.16. The molecule has 0 aromatic heterocycles. The van der Waals surface area contributed by atoms with E-state index in [0.717, 1.165) is 25.2 Å². The molecule has 0 spiro atoms. The molecule has 0 bridgehead atoms. The van der Waals surface area contributed by atoms with E-state index in [-0.39, 0.29) is 6.10 Å². The number of rotatable bonds is 7. The van der Waals surface area contributed by atoms with E-state index in [1.165, 1.54) is 11.1 Å². The van der Waals surface area contributed by atoms with Crippen molar-refractivity contribution in [3.05, 3.63) is 29.3 Å². The van der Waals surface area contributed by atoms with Gasteiger partial charge in [-0.1, -0.05) is 18.2 Å². The van der Waals surface area contributed by atoms with Gasteiger partial charge in [-0.15, -0.1) is 0 Å². The van der Waals surface area contributed by atoms with Crippen molar-refractivity contribution >= 4 is 0 Å². The minimum absolute atomic E-state index is 0.160. The van der Waals surface area contributed by atoms with Crippen LogP contribution >= 0.6 is 0 Å². The molecule has 0 aliphatic carbocycles. The summed E-state index contributed by atoms with van der Waals surface area (Å²) in [4.78, 5) is 0. The zero-order valence-electron chi connectivity index (χ0n) is 11.0. The first-order valence-electron chi connectivity index (χ1n) is 6.13. The fourth-order valence-electron chi connectivity index (χ4n) is 1.78. The fourth-order valence-corrected chi connectivity index (χ4v) is 1.78. The van der Waals surface area contributed by atoms with Crippen LogP contribution in [0.3, 0.4) is 0 Å². The number of para-hydroxylation sites is 1. The van der Waals surface area contributed by atoms with E-state index >= 15 is 0 Å². The number of hydrogen-bond donors (Lipinski definition) is 1. The van der Waals surface area contributed by atoms with Gasteiger partial charge in [0.2, 0.25) is 0 Å². The summed E-state index contributed by atoms with van der Waals surface area (Å²) in [5.74, 6) is 0.988. The first-order chi connectivity index (χ1) is 8.19. The Bertz CT molecular complexity index is 339. The van der Waals surface area contributed by atoms with Crippen molar-refractivity contribution in [2.75, 3.05) is 20.3 Å². The van der Waals surface area contributed by atoms with E-state index in [4.69, 9.17) is 15.2 Å². The second kappa shape index (κ2) is 7.30. The lowest BCUT2D eigenvalue weighted by atomic mass is 10.1. The van der Waals surface area contributed by atoms with Crippen molar-refractivity contribution in [3.63, 3.8) is 0 Å². The third-order valence-electron chi connectivity index (χ3n) is 2.75. The standard InChI is InChI=1S/C14H23NO2/c1-11-5-4-6-13(7-9-15)14(11)17-12(2)8-10-16-3/h4-6,12H,7-10,15H2,1-3H3.